The minimum Gasteiger partial charge on any atom is -0.391 e. The molecule has 21 heavy (non-hydrogen) atoms. The van der Waals surface area contributed by atoms with Crippen LogP contribution in [0.2, 0.25) is 0 Å². The van der Waals surface area contributed by atoms with Crippen LogP contribution in [-0.2, 0) is 4.74 Å². The van der Waals surface area contributed by atoms with Gasteiger partial charge < -0.3 is 10.1 Å². The second-order valence-corrected chi connectivity index (χ2v) is 5.87. The first-order valence-electron chi connectivity index (χ1n) is 7.78. The highest BCUT2D eigenvalue weighted by Gasteiger charge is 2.26. The summed E-state index contributed by atoms with van der Waals surface area (Å²) in [6.07, 6.45) is 4.58. The Bertz CT molecular complexity index is 548. The predicted octanol–water partition coefficient (Wildman–Crippen LogP) is 3.13. The summed E-state index contributed by atoms with van der Waals surface area (Å²) in [7, 11) is 2.01. The Morgan fingerprint density at radius 1 is 1.24 bits per heavy atom. The van der Waals surface area contributed by atoms with Crippen LogP contribution in [0.25, 0.3) is 0 Å². The molecule has 3 nitrogen and oxygen atoms in total. The molecule has 2 unspecified atom stereocenters. The Morgan fingerprint density at radius 3 is 2.81 bits per heavy atom. The van der Waals surface area contributed by atoms with Gasteiger partial charge in [-0.25, -0.2) is 0 Å². The molecule has 0 aromatic heterocycles. The van der Waals surface area contributed by atoms with E-state index >= 15 is 0 Å². The number of ether oxygens (including phenoxy) is 1. The number of nitrogens with one attached hydrogen (secondary N) is 2. The van der Waals surface area contributed by atoms with Crippen molar-refractivity contribution in [3.63, 3.8) is 0 Å². The monoisotopic (exact) mass is 284 g/mol. The molecule has 2 aliphatic rings. The van der Waals surface area contributed by atoms with Gasteiger partial charge in [0.05, 0.1) is 6.73 Å². The Kier molecular flexibility index (Phi) is 4.42. The maximum Gasteiger partial charge on any atom is 0.109 e. The third-order valence-electron chi connectivity index (χ3n) is 4.43. The van der Waals surface area contributed by atoms with Crippen LogP contribution in [0.1, 0.15) is 31.4 Å². The van der Waals surface area contributed by atoms with Crippen LogP contribution in [0.15, 0.2) is 53.3 Å². The molecule has 0 saturated carbocycles. The Morgan fingerprint density at radius 2 is 2.05 bits per heavy atom. The third kappa shape index (κ3) is 3.04. The summed E-state index contributed by atoms with van der Waals surface area (Å²) in [6, 6.07) is 10.5. The molecule has 0 spiro atoms. The Labute approximate surface area is 127 Å². The predicted molar refractivity (Wildman–Crippen MR) is 85.7 cm³/mol. The van der Waals surface area contributed by atoms with E-state index in [2.05, 4.69) is 54.0 Å². The van der Waals surface area contributed by atoms with Crippen LogP contribution in [0.4, 0.5) is 0 Å². The highest BCUT2D eigenvalue weighted by atomic mass is 16.5. The van der Waals surface area contributed by atoms with Gasteiger partial charge in [-0.2, -0.15) is 0 Å². The normalized spacial score (nSPS) is 26.5. The zero-order chi connectivity index (χ0) is 14.7. The SMILES string of the molecule is CNC1=CC2=C(CCNCOC2c2ccccc2)CC1C. The standard InChI is InChI=1S/C18H24N2O/c1-13-10-15-8-9-20-12-21-18(14-6-4-3-5-7-14)16(15)11-17(13)19-2/h3-7,11,13,18-20H,8-10,12H2,1-2H3. The molecule has 2 N–H and O–H groups in total. The summed E-state index contributed by atoms with van der Waals surface area (Å²) in [5, 5.41) is 6.72. The molecule has 112 valence electrons. The van der Waals surface area contributed by atoms with E-state index in [0.717, 1.165) is 19.4 Å². The van der Waals surface area contributed by atoms with E-state index < -0.39 is 0 Å². The van der Waals surface area contributed by atoms with Gasteiger partial charge in [0, 0.05) is 19.3 Å². The number of hydrogen-bond acceptors (Lipinski definition) is 3. The number of benzene rings is 1. The van der Waals surface area contributed by atoms with Gasteiger partial charge in [0.1, 0.15) is 6.10 Å². The Balaban J connectivity index is 2.02. The van der Waals surface area contributed by atoms with E-state index in [1.807, 2.05) is 7.05 Å². The molecule has 3 rings (SSSR count). The fourth-order valence-electron chi connectivity index (χ4n) is 3.28. The molecule has 2 atom stereocenters. The number of rotatable bonds is 2. The molecule has 0 radical (unpaired) electrons. The minimum absolute atomic E-state index is 0.0323. The lowest BCUT2D eigenvalue weighted by molar-refractivity contribution is 0.0606. The molecule has 1 heterocycles. The number of hydrogen-bond donors (Lipinski definition) is 2. The van der Waals surface area contributed by atoms with Crippen LogP contribution in [0.5, 0.6) is 0 Å². The topological polar surface area (TPSA) is 33.3 Å². The maximum absolute atomic E-state index is 6.13. The van der Waals surface area contributed by atoms with Crippen LogP contribution < -0.4 is 10.6 Å². The van der Waals surface area contributed by atoms with Crippen molar-refractivity contribution in [3.05, 3.63) is 58.8 Å². The van der Waals surface area contributed by atoms with Gasteiger partial charge in [0.15, 0.2) is 0 Å². The lowest BCUT2D eigenvalue weighted by Crippen LogP contribution is -2.28. The van der Waals surface area contributed by atoms with E-state index in [-0.39, 0.29) is 6.10 Å². The van der Waals surface area contributed by atoms with Crippen LogP contribution in [0, 0.1) is 5.92 Å². The molecule has 3 heteroatoms. The molecule has 0 fully saturated rings. The Hall–Kier alpha value is -1.58. The fraction of sp³-hybridized carbons (Fsp3) is 0.444. The van der Waals surface area contributed by atoms with Gasteiger partial charge in [0.25, 0.3) is 0 Å². The summed E-state index contributed by atoms with van der Waals surface area (Å²) in [5.41, 5.74) is 5.43. The first-order valence-corrected chi connectivity index (χ1v) is 7.78. The highest BCUT2D eigenvalue weighted by Crippen LogP contribution is 2.38. The summed E-state index contributed by atoms with van der Waals surface area (Å²) in [6.45, 7) is 3.89. The molecular weight excluding hydrogens is 260 g/mol. The molecular formula is C18H24N2O. The van der Waals surface area contributed by atoms with Crippen LogP contribution in [-0.4, -0.2) is 20.3 Å². The first-order chi connectivity index (χ1) is 10.3. The smallest absolute Gasteiger partial charge is 0.109 e. The van der Waals surface area contributed by atoms with Crippen molar-refractivity contribution < 1.29 is 4.74 Å². The summed E-state index contributed by atoms with van der Waals surface area (Å²) < 4.78 is 6.13. The lowest BCUT2D eigenvalue weighted by Gasteiger charge is -2.32. The average Bonchev–Trinajstić information content (AvgIpc) is 2.50. The van der Waals surface area contributed by atoms with E-state index in [9.17, 15) is 0 Å². The zero-order valence-corrected chi connectivity index (χ0v) is 12.9. The van der Waals surface area contributed by atoms with Gasteiger partial charge in [-0.05, 0) is 36.0 Å². The average molecular weight is 284 g/mol. The van der Waals surface area contributed by atoms with Gasteiger partial charge in [0.2, 0.25) is 0 Å². The van der Waals surface area contributed by atoms with Gasteiger partial charge in [-0.1, -0.05) is 42.8 Å². The molecule has 0 amide bonds. The van der Waals surface area contributed by atoms with Gasteiger partial charge in [-0.3, -0.25) is 5.32 Å². The van der Waals surface area contributed by atoms with Crippen molar-refractivity contribution in [1.29, 1.82) is 0 Å². The molecule has 0 bridgehead atoms. The van der Waals surface area contributed by atoms with Crippen molar-refractivity contribution in [3.8, 4) is 0 Å². The summed E-state index contributed by atoms with van der Waals surface area (Å²) in [5.74, 6) is 0.560. The van der Waals surface area contributed by atoms with E-state index in [1.54, 1.807) is 0 Å². The maximum atomic E-state index is 6.13. The van der Waals surface area contributed by atoms with Crippen molar-refractivity contribution in [2.45, 2.75) is 25.9 Å². The first kappa shape index (κ1) is 14.4. The highest BCUT2D eigenvalue weighted by molar-refractivity contribution is 5.41. The van der Waals surface area contributed by atoms with Gasteiger partial charge >= 0.3 is 0 Å². The molecule has 0 saturated heterocycles. The van der Waals surface area contributed by atoms with Crippen molar-refractivity contribution in [2.24, 2.45) is 5.92 Å². The molecule has 1 aliphatic carbocycles. The van der Waals surface area contributed by atoms with Crippen LogP contribution in [0.3, 0.4) is 0 Å². The second kappa shape index (κ2) is 6.46. The molecule has 1 aliphatic heterocycles. The third-order valence-corrected chi connectivity index (χ3v) is 4.43. The largest absolute Gasteiger partial charge is 0.391 e. The minimum atomic E-state index is 0.0323. The number of allylic oxidation sites excluding steroid dienone is 1. The van der Waals surface area contributed by atoms with E-state index in [0.29, 0.717) is 12.6 Å². The second-order valence-electron chi connectivity index (χ2n) is 5.87. The van der Waals surface area contributed by atoms with Crippen molar-refractivity contribution in [2.75, 3.05) is 20.3 Å². The lowest BCUT2D eigenvalue weighted by atomic mass is 9.82. The quantitative estimate of drug-likeness (QED) is 0.875. The summed E-state index contributed by atoms with van der Waals surface area (Å²) in [4.78, 5) is 0. The van der Waals surface area contributed by atoms with Crippen LogP contribution >= 0.6 is 0 Å². The fourth-order valence-corrected chi connectivity index (χ4v) is 3.28. The van der Waals surface area contributed by atoms with Crippen molar-refractivity contribution >= 4 is 0 Å². The van der Waals surface area contributed by atoms with Gasteiger partial charge in [-0.15, -0.1) is 0 Å². The van der Waals surface area contributed by atoms with E-state index in [4.69, 9.17) is 4.74 Å². The summed E-state index contributed by atoms with van der Waals surface area (Å²) >= 11 is 0. The van der Waals surface area contributed by atoms with E-state index in [1.165, 1.54) is 22.4 Å². The zero-order valence-electron chi connectivity index (χ0n) is 12.9. The molecule has 1 aromatic carbocycles. The van der Waals surface area contributed by atoms with Crippen molar-refractivity contribution in [1.82, 2.24) is 10.6 Å². The molecule has 1 aromatic rings.